The molecule has 3 aromatic rings. The Kier molecular flexibility index (Phi) is 4.74. The third kappa shape index (κ3) is 4.00. The Labute approximate surface area is 142 Å². The van der Waals surface area contributed by atoms with Crippen molar-refractivity contribution in [3.8, 4) is 11.4 Å². The van der Waals surface area contributed by atoms with Gasteiger partial charge in [0.25, 0.3) is 0 Å². The van der Waals surface area contributed by atoms with Crippen LogP contribution in [0.2, 0.25) is 0 Å². The van der Waals surface area contributed by atoms with Gasteiger partial charge < -0.3 is 10.1 Å². The molecule has 0 aliphatic rings. The Hall–Kier alpha value is -3.22. The van der Waals surface area contributed by atoms with Gasteiger partial charge in [-0.2, -0.15) is 5.10 Å². The summed E-state index contributed by atoms with van der Waals surface area (Å²) in [4.78, 5) is 11.0. The van der Waals surface area contributed by atoms with Crippen molar-refractivity contribution in [2.45, 2.75) is 13.5 Å². The molecule has 2 aromatic carbocycles. The molecule has 128 valence electrons. The van der Waals surface area contributed by atoms with Crippen LogP contribution >= 0.6 is 0 Å². The predicted octanol–water partition coefficient (Wildman–Crippen LogP) is 3.69. The van der Waals surface area contributed by atoms with E-state index < -0.39 is 11.6 Å². The van der Waals surface area contributed by atoms with Crippen LogP contribution in [0.25, 0.3) is 5.69 Å². The van der Waals surface area contributed by atoms with Crippen LogP contribution in [0.4, 0.5) is 14.5 Å². The van der Waals surface area contributed by atoms with Crippen molar-refractivity contribution in [3.05, 3.63) is 72.1 Å². The fraction of sp³-hybridized carbons (Fsp3) is 0.111. The lowest BCUT2D eigenvalue weighted by molar-refractivity contribution is -0.114. The van der Waals surface area contributed by atoms with Gasteiger partial charge in [0.2, 0.25) is 5.91 Å². The first kappa shape index (κ1) is 16.6. The number of carbonyl (C=O) groups excluding carboxylic acids is 1. The number of aromatic nitrogens is 2. The first-order valence-electron chi connectivity index (χ1n) is 7.52. The van der Waals surface area contributed by atoms with Gasteiger partial charge in [0.1, 0.15) is 23.7 Å². The first-order valence-corrected chi connectivity index (χ1v) is 7.52. The Morgan fingerprint density at radius 3 is 2.44 bits per heavy atom. The molecule has 0 unspecified atom stereocenters. The number of benzene rings is 2. The molecule has 0 spiro atoms. The third-order valence-corrected chi connectivity index (χ3v) is 3.37. The normalized spacial score (nSPS) is 10.5. The minimum Gasteiger partial charge on any atom is -0.487 e. The Bertz CT molecular complexity index is 871. The highest BCUT2D eigenvalue weighted by molar-refractivity contribution is 5.88. The molecule has 0 fully saturated rings. The van der Waals surface area contributed by atoms with E-state index in [1.165, 1.54) is 31.3 Å². The highest BCUT2D eigenvalue weighted by Gasteiger charge is 2.12. The topological polar surface area (TPSA) is 56.1 Å². The monoisotopic (exact) mass is 343 g/mol. The zero-order valence-corrected chi connectivity index (χ0v) is 13.4. The largest absolute Gasteiger partial charge is 0.487 e. The standard InChI is InChI=1S/C18H15F2N3O2/c1-12(24)21-13-5-7-15(8-6-13)25-11-14-9-10-23(22-14)18-16(19)3-2-4-17(18)20/h2-10H,11H2,1H3,(H,21,24). The summed E-state index contributed by atoms with van der Waals surface area (Å²) in [7, 11) is 0. The molecule has 3 rings (SSSR count). The molecule has 5 nitrogen and oxygen atoms in total. The van der Waals surface area contributed by atoms with E-state index in [9.17, 15) is 13.6 Å². The number of para-hydroxylation sites is 1. The number of carbonyl (C=O) groups is 1. The van der Waals surface area contributed by atoms with Crippen molar-refractivity contribution in [1.29, 1.82) is 0 Å². The van der Waals surface area contributed by atoms with Crippen LogP contribution in [0.3, 0.4) is 0 Å². The van der Waals surface area contributed by atoms with E-state index in [2.05, 4.69) is 10.4 Å². The van der Waals surface area contributed by atoms with Gasteiger partial charge in [-0.3, -0.25) is 4.79 Å². The molecule has 1 amide bonds. The molecule has 0 radical (unpaired) electrons. The van der Waals surface area contributed by atoms with Crippen molar-refractivity contribution >= 4 is 11.6 Å². The lowest BCUT2D eigenvalue weighted by atomic mass is 10.3. The SMILES string of the molecule is CC(=O)Nc1ccc(OCc2ccn(-c3c(F)cccc3F)n2)cc1. The molecule has 1 N–H and O–H groups in total. The number of halogens is 2. The third-order valence-electron chi connectivity index (χ3n) is 3.37. The van der Waals surface area contributed by atoms with Crippen LogP contribution in [-0.2, 0) is 11.4 Å². The van der Waals surface area contributed by atoms with Crippen molar-refractivity contribution in [3.63, 3.8) is 0 Å². The Balaban J connectivity index is 1.67. The molecular weight excluding hydrogens is 328 g/mol. The first-order chi connectivity index (χ1) is 12.0. The fourth-order valence-corrected chi connectivity index (χ4v) is 2.27. The van der Waals surface area contributed by atoms with Crippen LogP contribution in [-0.4, -0.2) is 15.7 Å². The maximum Gasteiger partial charge on any atom is 0.221 e. The lowest BCUT2D eigenvalue weighted by Gasteiger charge is -2.07. The smallest absolute Gasteiger partial charge is 0.221 e. The number of hydrogen-bond acceptors (Lipinski definition) is 3. The fourth-order valence-electron chi connectivity index (χ4n) is 2.27. The second kappa shape index (κ2) is 7.12. The summed E-state index contributed by atoms with van der Waals surface area (Å²) in [6, 6.07) is 12.1. The molecule has 0 atom stereocenters. The van der Waals surface area contributed by atoms with Crippen LogP contribution in [0.5, 0.6) is 5.75 Å². The summed E-state index contributed by atoms with van der Waals surface area (Å²) in [5.41, 5.74) is 0.959. The van der Waals surface area contributed by atoms with E-state index in [1.807, 2.05) is 0 Å². The number of nitrogens with one attached hydrogen (secondary N) is 1. The predicted molar refractivity (Wildman–Crippen MR) is 88.6 cm³/mol. The average Bonchev–Trinajstić information content (AvgIpc) is 3.02. The van der Waals surface area contributed by atoms with Gasteiger partial charge >= 0.3 is 0 Å². The molecule has 0 aliphatic carbocycles. The summed E-state index contributed by atoms with van der Waals surface area (Å²) in [6.07, 6.45) is 1.47. The minimum atomic E-state index is -0.691. The van der Waals surface area contributed by atoms with Gasteiger partial charge in [0.05, 0.1) is 0 Å². The highest BCUT2D eigenvalue weighted by atomic mass is 19.1. The van der Waals surface area contributed by atoms with Crippen molar-refractivity contribution < 1.29 is 18.3 Å². The van der Waals surface area contributed by atoms with Crippen molar-refractivity contribution in [2.75, 3.05) is 5.32 Å². The van der Waals surface area contributed by atoms with Gasteiger partial charge in [0, 0.05) is 18.8 Å². The van der Waals surface area contributed by atoms with E-state index in [4.69, 9.17) is 4.74 Å². The Morgan fingerprint density at radius 2 is 1.80 bits per heavy atom. The molecular formula is C18H15F2N3O2. The molecule has 1 aromatic heterocycles. The second-order valence-corrected chi connectivity index (χ2v) is 5.32. The minimum absolute atomic E-state index is 0.141. The molecule has 0 saturated heterocycles. The molecule has 7 heteroatoms. The van der Waals surface area contributed by atoms with E-state index in [0.29, 0.717) is 17.1 Å². The van der Waals surface area contributed by atoms with E-state index in [-0.39, 0.29) is 18.2 Å². The van der Waals surface area contributed by atoms with E-state index in [0.717, 1.165) is 4.68 Å². The Morgan fingerprint density at radius 1 is 1.12 bits per heavy atom. The summed E-state index contributed by atoms with van der Waals surface area (Å²) >= 11 is 0. The average molecular weight is 343 g/mol. The molecule has 1 heterocycles. The van der Waals surface area contributed by atoms with Gasteiger partial charge in [-0.05, 0) is 42.5 Å². The van der Waals surface area contributed by atoms with E-state index in [1.54, 1.807) is 30.3 Å². The van der Waals surface area contributed by atoms with E-state index >= 15 is 0 Å². The molecule has 0 bridgehead atoms. The number of rotatable bonds is 5. The lowest BCUT2D eigenvalue weighted by Crippen LogP contribution is -2.05. The van der Waals surface area contributed by atoms with Gasteiger partial charge in [-0.1, -0.05) is 6.07 Å². The maximum absolute atomic E-state index is 13.8. The summed E-state index contributed by atoms with van der Waals surface area (Å²) < 4.78 is 34.3. The second-order valence-electron chi connectivity index (χ2n) is 5.32. The van der Waals surface area contributed by atoms with Gasteiger partial charge in [0.15, 0.2) is 11.6 Å². The van der Waals surface area contributed by atoms with Crippen LogP contribution in [0.1, 0.15) is 12.6 Å². The summed E-state index contributed by atoms with van der Waals surface area (Å²) in [5.74, 6) is -0.950. The van der Waals surface area contributed by atoms with Crippen LogP contribution < -0.4 is 10.1 Å². The summed E-state index contributed by atoms with van der Waals surface area (Å²) in [5, 5.41) is 6.79. The highest BCUT2D eigenvalue weighted by Crippen LogP contribution is 2.19. The molecule has 25 heavy (non-hydrogen) atoms. The van der Waals surface area contributed by atoms with Gasteiger partial charge in [-0.15, -0.1) is 0 Å². The van der Waals surface area contributed by atoms with Crippen LogP contribution in [0.15, 0.2) is 54.7 Å². The number of hydrogen-bond donors (Lipinski definition) is 1. The quantitative estimate of drug-likeness (QED) is 0.769. The van der Waals surface area contributed by atoms with Gasteiger partial charge in [-0.25, -0.2) is 13.5 Å². The number of anilines is 1. The number of nitrogens with zero attached hydrogens (tertiary/aromatic N) is 2. The summed E-state index contributed by atoms with van der Waals surface area (Å²) in [6.45, 7) is 1.57. The zero-order valence-electron chi connectivity index (χ0n) is 13.4. The number of amides is 1. The molecule has 0 saturated carbocycles. The number of ether oxygens (including phenoxy) is 1. The van der Waals surface area contributed by atoms with Crippen LogP contribution in [0, 0.1) is 11.6 Å². The van der Waals surface area contributed by atoms with Crippen molar-refractivity contribution in [1.82, 2.24) is 9.78 Å². The maximum atomic E-state index is 13.8. The molecule has 0 aliphatic heterocycles. The van der Waals surface area contributed by atoms with Crippen molar-refractivity contribution in [2.24, 2.45) is 0 Å². The zero-order chi connectivity index (χ0) is 17.8.